The molecule has 4 nitrogen and oxygen atoms in total. The molecule has 0 saturated carbocycles. The van der Waals surface area contributed by atoms with Crippen LogP contribution in [0.5, 0.6) is 5.75 Å². The largest absolute Gasteiger partial charge is 0.491 e. The summed E-state index contributed by atoms with van der Waals surface area (Å²) in [5.74, 6) is 0.381. The molecule has 0 saturated heterocycles. The number of anilines is 1. The maximum atomic E-state index is 13.4. The molecule has 0 radical (unpaired) electrons. The Balaban J connectivity index is 1.81. The molecule has 2 rings (SSSR count). The number of rotatable bonds is 5. The molecule has 0 atom stereocenters. The van der Waals surface area contributed by atoms with Gasteiger partial charge in [0.15, 0.2) is 0 Å². The molecule has 0 spiro atoms. The van der Waals surface area contributed by atoms with Crippen LogP contribution in [0.3, 0.4) is 0 Å². The van der Waals surface area contributed by atoms with Crippen LogP contribution in [0.4, 0.5) is 14.9 Å². The van der Waals surface area contributed by atoms with Crippen LogP contribution in [-0.2, 0) is 0 Å². The number of hydrogen-bond donors (Lipinski definition) is 2. The molecular formula is C18H21FN2O2. The van der Waals surface area contributed by atoms with Gasteiger partial charge >= 0.3 is 6.03 Å². The smallest absolute Gasteiger partial charge is 0.319 e. The summed E-state index contributed by atoms with van der Waals surface area (Å²) in [6, 6.07) is 9.63. The minimum absolute atomic E-state index is 0.149. The maximum absolute atomic E-state index is 13.4. The number of halogens is 1. The number of ether oxygens (including phenoxy) is 1. The van der Waals surface area contributed by atoms with E-state index in [9.17, 15) is 9.18 Å². The quantitative estimate of drug-likeness (QED) is 0.821. The highest BCUT2D eigenvalue weighted by Gasteiger charge is 2.08. The van der Waals surface area contributed by atoms with E-state index in [1.807, 2.05) is 26.8 Å². The van der Waals surface area contributed by atoms with Crippen molar-refractivity contribution in [3.05, 3.63) is 58.9 Å². The molecule has 2 amide bonds. The summed E-state index contributed by atoms with van der Waals surface area (Å²) in [4.78, 5) is 11.7. The Morgan fingerprint density at radius 1 is 1.09 bits per heavy atom. The molecule has 122 valence electrons. The lowest BCUT2D eigenvalue weighted by molar-refractivity contribution is 0.247. The van der Waals surface area contributed by atoms with Crippen molar-refractivity contribution in [2.75, 3.05) is 18.5 Å². The van der Waals surface area contributed by atoms with Crippen LogP contribution in [-0.4, -0.2) is 19.2 Å². The molecule has 2 aromatic carbocycles. The van der Waals surface area contributed by atoms with Gasteiger partial charge in [0.2, 0.25) is 0 Å². The van der Waals surface area contributed by atoms with E-state index < -0.39 is 11.8 Å². The van der Waals surface area contributed by atoms with Gasteiger partial charge < -0.3 is 15.4 Å². The standard InChI is InChI=1S/C18H21FN2O2/c1-12-8-9-13(2)17(14(12)3)23-11-10-20-18(22)21-16-7-5-4-6-15(16)19/h4-9H,10-11H2,1-3H3,(H2,20,21,22). The van der Waals surface area contributed by atoms with E-state index in [1.165, 1.54) is 12.1 Å². The predicted octanol–water partition coefficient (Wildman–Crippen LogP) is 3.95. The summed E-state index contributed by atoms with van der Waals surface area (Å²) in [6.45, 7) is 6.70. The molecule has 0 bridgehead atoms. The zero-order valence-electron chi connectivity index (χ0n) is 13.6. The van der Waals surface area contributed by atoms with Gasteiger partial charge in [0.05, 0.1) is 12.2 Å². The zero-order chi connectivity index (χ0) is 16.8. The third-order valence-electron chi connectivity index (χ3n) is 3.63. The second kappa shape index (κ2) is 7.63. The minimum Gasteiger partial charge on any atom is -0.491 e. The van der Waals surface area contributed by atoms with Crippen molar-refractivity contribution in [3.63, 3.8) is 0 Å². The summed E-state index contributed by atoms with van der Waals surface area (Å²) in [5.41, 5.74) is 3.47. The second-order valence-corrected chi connectivity index (χ2v) is 5.36. The molecule has 0 aliphatic carbocycles. The fourth-order valence-electron chi connectivity index (χ4n) is 2.19. The Morgan fingerprint density at radius 3 is 2.52 bits per heavy atom. The SMILES string of the molecule is Cc1ccc(C)c(OCCNC(=O)Nc2ccccc2F)c1C. The van der Waals surface area contributed by atoms with Crippen LogP contribution in [0.15, 0.2) is 36.4 Å². The third-order valence-corrected chi connectivity index (χ3v) is 3.63. The van der Waals surface area contributed by atoms with Crippen molar-refractivity contribution in [1.29, 1.82) is 0 Å². The van der Waals surface area contributed by atoms with Gasteiger partial charge in [0, 0.05) is 0 Å². The van der Waals surface area contributed by atoms with E-state index in [4.69, 9.17) is 4.74 Å². The summed E-state index contributed by atoms with van der Waals surface area (Å²) in [5, 5.41) is 5.10. The molecule has 0 fully saturated rings. The summed E-state index contributed by atoms with van der Waals surface area (Å²) in [7, 11) is 0. The fraction of sp³-hybridized carbons (Fsp3) is 0.278. The van der Waals surface area contributed by atoms with Crippen molar-refractivity contribution in [2.24, 2.45) is 0 Å². The van der Waals surface area contributed by atoms with Gasteiger partial charge in [-0.2, -0.15) is 0 Å². The van der Waals surface area contributed by atoms with Gasteiger partial charge in [0.1, 0.15) is 18.2 Å². The van der Waals surface area contributed by atoms with Crippen molar-refractivity contribution < 1.29 is 13.9 Å². The van der Waals surface area contributed by atoms with Crippen molar-refractivity contribution in [1.82, 2.24) is 5.32 Å². The number of urea groups is 1. The first kappa shape index (κ1) is 16.8. The van der Waals surface area contributed by atoms with E-state index in [-0.39, 0.29) is 5.69 Å². The highest BCUT2D eigenvalue weighted by molar-refractivity contribution is 5.89. The molecule has 0 aliphatic heterocycles. The van der Waals surface area contributed by atoms with Gasteiger partial charge in [-0.1, -0.05) is 24.3 Å². The van der Waals surface area contributed by atoms with Gasteiger partial charge in [-0.05, 0) is 49.6 Å². The first-order valence-corrected chi connectivity index (χ1v) is 7.48. The van der Waals surface area contributed by atoms with Gasteiger partial charge in [0.25, 0.3) is 0 Å². The van der Waals surface area contributed by atoms with Crippen LogP contribution in [0.2, 0.25) is 0 Å². The predicted molar refractivity (Wildman–Crippen MR) is 89.6 cm³/mol. The average Bonchev–Trinajstić information content (AvgIpc) is 2.52. The normalized spacial score (nSPS) is 10.3. The molecule has 0 heterocycles. The van der Waals surface area contributed by atoms with Crippen LogP contribution >= 0.6 is 0 Å². The van der Waals surface area contributed by atoms with Crippen LogP contribution in [0.25, 0.3) is 0 Å². The Morgan fingerprint density at radius 2 is 1.78 bits per heavy atom. The number of benzene rings is 2. The van der Waals surface area contributed by atoms with E-state index in [0.717, 1.165) is 22.4 Å². The van der Waals surface area contributed by atoms with Gasteiger partial charge in [-0.25, -0.2) is 9.18 Å². The molecule has 0 aliphatic rings. The summed E-state index contributed by atoms with van der Waals surface area (Å²) in [6.07, 6.45) is 0. The number of amides is 2. The minimum atomic E-state index is -0.468. The second-order valence-electron chi connectivity index (χ2n) is 5.36. The Bertz CT molecular complexity index is 701. The lowest BCUT2D eigenvalue weighted by atomic mass is 10.1. The van der Waals surface area contributed by atoms with Crippen LogP contribution in [0, 0.1) is 26.6 Å². The van der Waals surface area contributed by atoms with Crippen molar-refractivity contribution in [3.8, 4) is 5.75 Å². The monoisotopic (exact) mass is 316 g/mol. The van der Waals surface area contributed by atoms with Crippen LogP contribution in [0.1, 0.15) is 16.7 Å². The molecule has 5 heteroatoms. The highest BCUT2D eigenvalue weighted by Crippen LogP contribution is 2.25. The van der Waals surface area contributed by atoms with E-state index in [0.29, 0.717) is 13.2 Å². The van der Waals surface area contributed by atoms with Crippen LogP contribution < -0.4 is 15.4 Å². The topological polar surface area (TPSA) is 50.4 Å². The summed E-state index contributed by atoms with van der Waals surface area (Å²) >= 11 is 0. The van der Waals surface area contributed by atoms with Crippen molar-refractivity contribution in [2.45, 2.75) is 20.8 Å². The number of carbonyl (C=O) groups excluding carboxylic acids is 1. The van der Waals surface area contributed by atoms with E-state index in [1.54, 1.807) is 12.1 Å². The maximum Gasteiger partial charge on any atom is 0.319 e. The number of aryl methyl sites for hydroxylation is 2. The summed E-state index contributed by atoms with van der Waals surface area (Å²) < 4.78 is 19.2. The van der Waals surface area contributed by atoms with E-state index in [2.05, 4.69) is 16.7 Å². The lowest BCUT2D eigenvalue weighted by Crippen LogP contribution is -2.32. The molecule has 23 heavy (non-hydrogen) atoms. The Hall–Kier alpha value is -2.56. The van der Waals surface area contributed by atoms with Gasteiger partial charge in [-0.15, -0.1) is 0 Å². The first-order chi connectivity index (χ1) is 11.0. The Labute approximate surface area is 135 Å². The zero-order valence-corrected chi connectivity index (χ0v) is 13.6. The average molecular weight is 316 g/mol. The van der Waals surface area contributed by atoms with Gasteiger partial charge in [-0.3, -0.25) is 0 Å². The molecule has 0 unspecified atom stereocenters. The molecule has 0 aromatic heterocycles. The first-order valence-electron chi connectivity index (χ1n) is 7.48. The third kappa shape index (κ3) is 4.45. The molecule has 2 N–H and O–H groups in total. The fourth-order valence-corrected chi connectivity index (χ4v) is 2.19. The molecule has 2 aromatic rings. The van der Waals surface area contributed by atoms with Crippen molar-refractivity contribution >= 4 is 11.7 Å². The number of carbonyl (C=O) groups is 1. The van der Waals surface area contributed by atoms with E-state index >= 15 is 0 Å². The number of nitrogens with one attached hydrogen (secondary N) is 2. The highest BCUT2D eigenvalue weighted by atomic mass is 19.1. The number of hydrogen-bond acceptors (Lipinski definition) is 2. The Kier molecular flexibility index (Phi) is 5.57. The number of para-hydroxylation sites is 1. The molecular weight excluding hydrogens is 295 g/mol. The lowest BCUT2D eigenvalue weighted by Gasteiger charge is -2.14.